The number of nitrogens with one attached hydrogen (secondary N) is 1. The quantitative estimate of drug-likeness (QED) is 0.877. The standard InChI is InChI=1S/C15H12F3NO2/c1-21-15(20)9-5-6-10(12(17)7-9)8-19-13-4-2-3-11(16)14(13)18/h2-7,19H,8H2,1H3. The molecule has 0 aliphatic rings. The Labute approximate surface area is 119 Å². The number of benzene rings is 2. The molecule has 0 aliphatic heterocycles. The highest BCUT2D eigenvalue weighted by Crippen LogP contribution is 2.19. The largest absolute Gasteiger partial charge is 0.465 e. The molecule has 0 saturated heterocycles. The van der Waals surface area contributed by atoms with E-state index in [4.69, 9.17) is 0 Å². The monoisotopic (exact) mass is 295 g/mol. The van der Waals surface area contributed by atoms with Gasteiger partial charge in [0.2, 0.25) is 0 Å². The van der Waals surface area contributed by atoms with Gasteiger partial charge in [-0.1, -0.05) is 12.1 Å². The molecule has 3 nitrogen and oxygen atoms in total. The second kappa shape index (κ2) is 6.30. The number of hydrogen-bond acceptors (Lipinski definition) is 3. The van der Waals surface area contributed by atoms with E-state index in [2.05, 4.69) is 10.1 Å². The summed E-state index contributed by atoms with van der Waals surface area (Å²) in [6.07, 6.45) is 0. The fourth-order valence-corrected chi connectivity index (χ4v) is 1.77. The second-order valence-electron chi connectivity index (χ2n) is 4.25. The summed E-state index contributed by atoms with van der Waals surface area (Å²) in [5.41, 5.74) is 0.230. The van der Waals surface area contributed by atoms with E-state index in [1.54, 1.807) is 0 Å². The van der Waals surface area contributed by atoms with E-state index in [-0.39, 0.29) is 23.4 Å². The van der Waals surface area contributed by atoms with Crippen molar-refractivity contribution in [3.05, 3.63) is 65.0 Å². The fourth-order valence-electron chi connectivity index (χ4n) is 1.77. The third kappa shape index (κ3) is 3.34. The van der Waals surface area contributed by atoms with E-state index in [0.717, 1.165) is 12.1 Å². The predicted molar refractivity (Wildman–Crippen MR) is 71.4 cm³/mol. The predicted octanol–water partition coefficient (Wildman–Crippen LogP) is 3.50. The van der Waals surface area contributed by atoms with Crippen LogP contribution >= 0.6 is 0 Å². The lowest BCUT2D eigenvalue weighted by Gasteiger charge is -2.09. The van der Waals surface area contributed by atoms with Crippen LogP contribution in [0.2, 0.25) is 0 Å². The minimum atomic E-state index is -1.02. The van der Waals surface area contributed by atoms with Gasteiger partial charge in [-0.15, -0.1) is 0 Å². The number of halogens is 3. The normalized spacial score (nSPS) is 10.3. The summed E-state index contributed by atoms with van der Waals surface area (Å²) in [6, 6.07) is 7.49. The maximum atomic E-state index is 13.8. The van der Waals surface area contributed by atoms with Crippen molar-refractivity contribution in [1.29, 1.82) is 0 Å². The van der Waals surface area contributed by atoms with E-state index in [1.807, 2.05) is 0 Å². The van der Waals surface area contributed by atoms with Gasteiger partial charge in [-0.2, -0.15) is 0 Å². The zero-order chi connectivity index (χ0) is 15.4. The lowest BCUT2D eigenvalue weighted by molar-refractivity contribution is 0.0600. The number of methoxy groups -OCH3 is 1. The van der Waals surface area contributed by atoms with Crippen molar-refractivity contribution in [3.8, 4) is 0 Å². The summed E-state index contributed by atoms with van der Waals surface area (Å²) in [5, 5.41) is 2.60. The van der Waals surface area contributed by atoms with Gasteiger partial charge in [-0.3, -0.25) is 0 Å². The average molecular weight is 295 g/mol. The number of ether oxygens (including phenoxy) is 1. The first kappa shape index (κ1) is 14.9. The zero-order valence-corrected chi connectivity index (χ0v) is 11.1. The van der Waals surface area contributed by atoms with Crippen molar-refractivity contribution < 1.29 is 22.7 Å². The van der Waals surface area contributed by atoms with Crippen LogP contribution in [0, 0.1) is 17.5 Å². The molecule has 0 amide bonds. The summed E-state index contributed by atoms with van der Waals surface area (Å²) in [4.78, 5) is 11.2. The summed E-state index contributed by atoms with van der Waals surface area (Å²) in [5.74, 6) is -3.29. The summed E-state index contributed by atoms with van der Waals surface area (Å²) in [6.45, 7) is -0.0480. The van der Waals surface area contributed by atoms with Crippen LogP contribution in [0.25, 0.3) is 0 Å². The third-order valence-electron chi connectivity index (χ3n) is 2.90. The van der Waals surface area contributed by atoms with E-state index in [1.165, 1.54) is 31.4 Å². The molecule has 110 valence electrons. The molecule has 0 saturated carbocycles. The smallest absolute Gasteiger partial charge is 0.337 e. The molecule has 0 radical (unpaired) electrons. The van der Waals surface area contributed by atoms with E-state index >= 15 is 0 Å². The van der Waals surface area contributed by atoms with Gasteiger partial charge >= 0.3 is 5.97 Å². The maximum absolute atomic E-state index is 13.8. The molecule has 1 N–H and O–H groups in total. The SMILES string of the molecule is COC(=O)c1ccc(CNc2cccc(F)c2F)c(F)c1. The molecule has 0 aromatic heterocycles. The highest BCUT2D eigenvalue weighted by molar-refractivity contribution is 5.89. The Kier molecular flexibility index (Phi) is 4.47. The lowest BCUT2D eigenvalue weighted by Crippen LogP contribution is -2.07. The van der Waals surface area contributed by atoms with Crippen molar-refractivity contribution in [2.45, 2.75) is 6.54 Å². The Hall–Kier alpha value is -2.50. The van der Waals surface area contributed by atoms with E-state index in [9.17, 15) is 18.0 Å². The molecule has 0 aliphatic carbocycles. The molecule has 2 aromatic rings. The number of esters is 1. The Balaban J connectivity index is 2.13. The van der Waals surface area contributed by atoms with Crippen molar-refractivity contribution in [2.24, 2.45) is 0 Å². The molecule has 2 aromatic carbocycles. The van der Waals surface area contributed by atoms with Crippen LogP contribution in [-0.2, 0) is 11.3 Å². The molecule has 6 heteroatoms. The Morgan fingerprint density at radius 3 is 2.57 bits per heavy atom. The van der Waals surface area contributed by atoms with Crippen molar-refractivity contribution in [1.82, 2.24) is 0 Å². The fraction of sp³-hybridized carbons (Fsp3) is 0.133. The molecule has 0 fully saturated rings. The number of hydrogen-bond donors (Lipinski definition) is 1. The molecule has 0 spiro atoms. The van der Waals surface area contributed by atoms with Gasteiger partial charge in [-0.25, -0.2) is 18.0 Å². The summed E-state index contributed by atoms with van der Waals surface area (Å²) in [7, 11) is 1.20. The van der Waals surface area contributed by atoms with Crippen LogP contribution in [0.3, 0.4) is 0 Å². The van der Waals surface area contributed by atoms with Crippen LogP contribution in [0.15, 0.2) is 36.4 Å². The van der Waals surface area contributed by atoms with Gasteiger partial charge < -0.3 is 10.1 Å². The molecule has 21 heavy (non-hydrogen) atoms. The van der Waals surface area contributed by atoms with Crippen molar-refractivity contribution in [3.63, 3.8) is 0 Å². The molecule has 0 atom stereocenters. The minimum absolute atomic E-state index is 0.0480. The lowest BCUT2D eigenvalue weighted by atomic mass is 10.1. The number of anilines is 1. The topological polar surface area (TPSA) is 38.3 Å². The van der Waals surface area contributed by atoms with Crippen LogP contribution in [0.5, 0.6) is 0 Å². The molecule has 2 rings (SSSR count). The number of rotatable bonds is 4. The third-order valence-corrected chi connectivity index (χ3v) is 2.90. The highest BCUT2D eigenvalue weighted by Gasteiger charge is 2.11. The van der Waals surface area contributed by atoms with Gasteiger partial charge in [0.05, 0.1) is 18.4 Å². The minimum Gasteiger partial charge on any atom is -0.465 e. The van der Waals surface area contributed by atoms with Crippen LogP contribution in [0.1, 0.15) is 15.9 Å². The van der Waals surface area contributed by atoms with Crippen LogP contribution in [0.4, 0.5) is 18.9 Å². The van der Waals surface area contributed by atoms with Gasteiger partial charge in [0.25, 0.3) is 0 Å². The first-order valence-corrected chi connectivity index (χ1v) is 6.07. The molecule has 0 heterocycles. The Morgan fingerprint density at radius 2 is 1.90 bits per heavy atom. The molecular formula is C15H12F3NO2. The van der Waals surface area contributed by atoms with Gasteiger partial charge in [0.15, 0.2) is 11.6 Å². The van der Waals surface area contributed by atoms with Gasteiger partial charge in [-0.05, 0) is 24.3 Å². The summed E-state index contributed by atoms with van der Waals surface area (Å²) >= 11 is 0. The Morgan fingerprint density at radius 1 is 1.14 bits per heavy atom. The highest BCUT2D eigenvalue weighted by atomic mass is 19.2. The van der Waals surface area contributed by atoms with Crippen molar-refractivity contribution >= 4 is 11.7 Å². The number of carbonyl (C=O) groups excluding carboxylic acids is 1. The molecule has 0 unspecified atom stereocenters. The maximum Gasteiger partial charge on any atom is 0.337 e. The second-order valence-corrected chi connectivity index (χ2v) is 4.25. The zero-order valence-electron chi connectivity index (χ0n) is 11.1. The number of carbonyl (C=O) groups is 1. The molecule has 0 bridgehead atoms. The van der Waals surface area contributed by atoms with E-state index in [0.29, 0.717) is 0 Å². The van der Waals surface area contributed by atoms with Crippen LogP contribution < -0.4 is 5.32 Å². The summed E-state index contributed by atoms with van der Waals surface area (Å²) < 4.78 is 44.7. The molecular weight excluding hydrogens is 283 g/mol. The van der Waals surface area contributed by atoms with Crippen molar-refractivity contribution in [2.75, 3.05) is 12.4 Å². The van der Waals surface area contributed by atoms with Gasteiger partial charge in [0.1, 0.15) is 5.82 Å². The Bertz CT molecular complexity index is 674. The van der Waals surface area contributed by atoms with Crippen LogP contribution in [-0.4, -0.2) is 13.1 Å². The first-order chi connectivity index (χ1) is 10.0. The first-order valence-electron chi connectivity index (χ1n) is 6.07. The average Bonchev–Trinajstić information content (AvgIpc) is 2.49. The van der Waals surface area contributed by atoms with E-state index < -0.39 is 23.4 Å². The van der Waals surface area contributed by atoms with Gasteiger partial charge in [0, 0.05) is 12.1 Å².